The topological polar surface area (TPSA) is 93.5 Å². The maximum absolute atomic E-state index is 11.7. The fourth-order valence-electron chi connectivity index (χ4n) is 3.94. The number of aryl methyl sites for hydroxylation is 2. The van der Waals surface area contributed by atoms with Crippen molar-refractivity contribution >= 4 is 15.7 Å². The van der Waals surface area contributed by atoms with Gasteiger partial charge in [0, 0.05) is 69.8 Å². The van der Waals surface area contributed by atoms with Gasteiger partial charge in [0.1, 0.15) is 5.82 Å². The summed E-state index contributed by atoms with van der Waals surface area (Å²) in [5.74, 6) is 1.16. The minimum Gasteiger partial charge on any atom is -0.378 e. The number of sulfone groups is 1. The number of rotatable bonds is 4. The van der Waals surface area contributed by atoms with E-state index in [4.69, 9.17) is 4.74 Å². The molecule has 28 heavy (non-hydrogen) atoms. The molecule has 0 unspecified atom stereocenters. The molecule has 4 heterocycles. The Morgan fingerprint density at radius 3 is 2.68 bits per heavy atom. The van der Waals surface area contributed by atoms with E-state index in [0.717, 1.165) is 68.4 Å². The molecule has 152 valence electrons. The third-order valence-electron chi connectivity index (χ3n) is 5.33. The van der Waals surface area contributed by atoms with E-state index in [9.17, 15) is 8.42 Å². The molecule has 0 aliphatic carbocycles. The van der Waals surface area contributed by atoms with Crippen molar-refractivity contribution in [3.63, 3.8) is 0 Å². The Labute approximate surface area is 165 Å². The van der Waals surface area contributed by atoms with Gasteiger partial charge in [0.05, 0.1) is 24.6 Å². The molecule has 2 aromatic rings. The first-order chi connectivity index (χ1) is 13.3. The molecule has 2 aliphatic rings. The maximum Gasteiger partial charge on any atom is 0.246 e. The van der Waals surface area contributed by atoms with Crippen LogP contribution in [0.25, 0.3) is 0 Å². The third kappa shape index (κ3) is 3.76. The van der Waals surface area contributed by atoms with E-state index in [1.54, 1.807) is 6.20 Å². The van der Waals surface area contributed by atoms with E-state index in [-0.39, 0.29) is 5.16 Å². The third-order valence-corrected chi connectivity index (χ3v) is 6.19. The van der Waals surface area contributed by atoms with Crippen molar-refractivity contribution in [1.29, 1.82) is 0 Å². The molecular formula is C18H26N6O3S. The summed E-state index contributed by atoms with van der Waals surface area (Å²) in [6, 6.07) is 0. The molecule has 2 aliphatic heterocycles. The quantitative estimate of drug-likeness (QED) is 0.670. The molecule has 0 atom stereocenters. The summed E-state index contributed by atoms with van der Waals surface area (Å²) in [5, 5.41) is 4.57. The van der Waals surface area contributed by atoms with Crippen molar-refractivity contribution in [2.45, 2.75) is 31.6 Å². The minimum atomic E-state index is -3.38. The Bertz CT molecular complexity index is 981. The summed E-state index contributed by atoms with van der Waals surface area (Å²) in [5.41, 5.74) is 4.11. The Balaban J connectivity index is 1.55. The van der Waals surface area contributed by atoms with Gasteiger partial charge in [0.15, 0.2) is 0 Å². The van der Waals surface area contributed by atoms with Crippen LogP contribution in [-0.4, -0.2) is 72.2 Å². The Kier molecular flexibility index (Phi) is 5.11. The van der Waals surface area contributed by atoms with Gasteiger partial charge in [0.2, 0.25) is 15.0 Å². The summed E-state index contributed by atoms with van der Waals surface area (Å²) in [6.45, 7) is 7.59. The number of hydrogen-bond donors (Lipinski definition) is 0. The Morgan fingerprint density at radius 2 is 1.96 bits per heavy atom. The molecule has 0 spiro atoms. The highest BCUT2D eigenvalue weighted by atomic mass is 32.2. The second-order valence-electron chi connectivity index (χ2n) is 7.47. The van der Waals surface area contributed by atoms with Crippen LogP contribution in [0.4, 0.5) is 5.82 Å². The van der Waals surface area contributed by atoms with E-state index < -0.39 is 9.84 Å². The van der Waals surface area contributed by atoms with E-state index in [1.807, 2.05) is 11.7 Å². The summed E-state index contributed by atoms with van der Waals surface area (Å²) < 4.78 is 30.8. The lowest BCUT2D eigenvalue weighted by atomic mass is 10.1. The number of hydrogen-bond acceptors (Lipinski definition) is 8. The van der Waals surface area contributed by atoms with Crippen LogP contribution in [-0.2, 0) is 41.1 Å². The molecule has 0 bridgehead atoms. The van der Waals surface area contributed by atoms with Gasteiger partial charge in [-0.05, 0) is 6.92 Å². The predicted octanol–water partition coefficient (Wildman–Crippen LogP) is 0.317. The first-order valence-electron chi connectivity index (χ1n) is 9.45. The lowest BCUT2D eigenvalue weighted by Gasteiger charge is -2.32. The number of morpholine rings is 1. The normalized spacial score (nSPS) is 18.3. The van der Waals surface area contributed by atoms with Crippen LogP contribution in [0.3, 0.4) is 0 Å². The number of fused-ring (bicyclic) bond motifs is 1. The fourth-order valence-corrected chi connectivity index (χ4v) is 4.46. The van der Waals surface area contributed by atoms with Crippen molar-refractivity contribution < 1.29 is 13.2 Å². The lowest BCUT2D eigenvalue weighted by molar-refractivity contribution is 0.122. The highest BCUT2D eigenvalue weighted by molar-refractivity contribution is 7.90. The van der Waals surface area contributed by atoms with Gasteiger partial charge in [-0.15, -0.1) is 0 Å². The molecular weight excluding hydrogens is 380 g/mol. The molecule has 10 heteroatoms. The van der Waals surface area contributed by atoms with Crippen LogP contribution in [0, 0.1) is 6.92 Å². The van der Waals surface area contributed by atoms with Crippen molar-refractivity contribution in [3.8, 4) is 0 Å². The molecule has 0 saturated carbocycles. The van der Waals surface area contributed by atoms with Crippen LogP contribution in [0.1, 0.15) is 22.5 Å². The van der Waals surface area contributed by atoms with Crippen LogP contribution >= 0.6 is 0 Å². The fraction of sp³-hybridized carbons (Fsp3) is 0.611. The molecule has 0 aromatic carbocycles. The second kappa shape index (κ2) is 7.41. The van der Waals surface area contributed by atoms with Gasteiger partial charge in [0.25, 0.3) is 0 Å². The molecule has 4 rings (SSSR count). The number of aromatic nitrogens is 4. The number of anilines is 1. The average Bonchev–Trinajstić information content (AvgIpc) is 2.94. The summed E-state index contributed by atoms with van der Waals surface area (Å²) in [6.07, 6.45) is 3.51. The average molecular weight is 407 g/mol. The van der Waals surface area contributed by atoms with Gasteiger partial charge >= 0.3 is 0 Å². The van der Waals surface area contributed by atoms with Crippen LogP contribution in [0.15, 0.2) is 11.4 Å². The van der Waals surface area contributed by atoms with E-state index in [0.29, 0.717) is 13.0 Å². The molecule has 0 N–H and O–H groups in total. The van der Waals surface area contributed by atoms with Crippen molar-refractivity contribution in [1.82, 2.24) is 24.6 Å². The van der Waals surface area contributed by atoms with E-state index >= 15 is 0 Å². The summed E-state index contributed by atoms with van der Waals surface area (Å²) >= 11 is 0. The van der Waals surface area contributed by atoms with Crippen molar-refractivity contribution in [3.05, 3.63) is 28.7 Å². The van der Waals surface area contributed by atoms with Gasteiger partial charge in [-0.25, -0.2) is 18.4 Å². The largest absolute Gasteiger partial charge is 0.378 e. The monoisotopic (exact) mass is 406 g/mol. The Morgan fingerprint density at radius 1 is 1.21 bits per heavy atom. The highest BCUT2D eigenvalue weighted by Crippen LogP contribution is 2.28. The zero-order valence-corrected chi connectivity index (χ0v) is 17.4. The lowest BCUT2D eigenvalue weighted by Crippen LogP contribution is -2.38. The number of nitrogens with zero attached hydrogens (tertiary/aromatic N) is 6. The SMILES string of the molecule is Cc1nn(C)c(N2CCOCC2)c1CN1CCc2nc(S(C)(=O)=O)ncc2C1. The molecule has 0 amide bonds. The Hall–Kier alpha value is -2.04. The standard InChI is InChI=1S/C18H26N6O3S/c1-13-15(17(22(2)21-13)24-6-8-27-9-7-24)12-23-5-4-16-14(11-23)10-19-18(20-16)28(3,25)26/h10H,4-9,11-12H2,1-3H3. The van der Waals surface area contributed by atoms with Crippen LogP contribution < -0.4 is 4.90 Å². The predicted molar refractivity (Wildman–Crippen MR) is 104 cm³/mol. The highest BCUT2D eigenvalue weighted by Gasteiger charge is 2.26. The molecule has 1 fully saturated rings. The zero-order chi connectivity index (χ0) is 19.9. The molecule has 1 saturated heterocycles. The smallest absolute Gasteiger partial charge is 0.246 e. The van der Waals surface area contributed by atoms with Crippen LogP contribution in [0.5, 0.6) is 0 Å². The maximum atomic E-state index is 11.7. The van der Waals surface area contributed by atoms with Crippen molar-refractivity contribution in [2.75, 3.05) is 44.0 Å². The molecule has 9 nitrogen and oxygen atoms in total. The van der Waals surface area contributed by atoms with E-state index in [1.165, 1.54) is 5.56 Å². The van der Waals surface area contributed by atoms with E-state index in [2.05, 4.69) is 31.8 Å². The minimum absolute atomic E-state index is 0.0857. The van der Waals surface area contributed by atoms with Crippen LogP contribution in [0.2, 0.25) is 0 Å². The second-order valence-corrected chi connectivity index (χ2v) is 9.38. The summed E-state index contributed by atoms with van der Waals surface area (Å²) in [4.78, 5) is 13.0. The summed E-state index contributed by atoms with van der Waals surface area (Å²) in [7, 11) is -1.39. The first-order valence-corrected chi connectivity index (χ1v) is 11.3. The van der Waals surface area contributed by atoms with Gasteiger partial charge < -0.3 is 9.64 Å². The zero-order valence-electron chi connectivity index (χ0n) is 16.6. The van der Waals surface area contributed by atoms with Gasteiger partial charge in [-0.3, -0.25) is 9.58 Å². The van der Waals surface area contributed by atoms with Gasteiger partial charge in [-0.2, -0.15) is 5.10 Å². The van der Waals surface area contributed by atoms with Gasteiger partial charge in [-0.1, -0.05) is 0 Å². The van der Waals surface area contributed by atoms with Crippen molar-refractivity contribution in [2.24, 2.45) is 7.05 Å². The number of ether oxygens (including phenoxy) is 1. The molecule has 0 radical (unpaired) electrons. The molecule has 2 aromatic heterocycles. The first kappa shape index (κ1) is 19.3.